The van der Waals surface area contributed by atoms with Crippen LogP contribution in [-0.4, -0.2) is 33.8 Å². The molecule has 2 N–H and O–H groups in total. The van der Waals surface area contributed by atoms with E-state index in [2.05, 4.69) is 20.8 Å². The van der Waals surface area contributed by atoms with Crippen molar-refractivity contribution in [2.24, 2.45) is 0 Å². The summed E-state index contributed by atoms with van der Waals surface area (Å²) in [5.41, 5.74) is 1.01. The molecule has 1 aromatic carbocycles. The van der Waals surface area contributed by atoms with Gasteiger partial charge in [0.05, 0.1) is 17.5 Å². The highest BCUT2D eigenvalue weighted by Gasteiger charge is 2.18. The van der Waals surface area contributed by atoms with Crippen molar-refractivity contribution < 1.29 is 22.8 Å². The van der Waals surface area contributed by atoms with Crippen LogP contribution in [0.25, 0.3) is 0 Å². The lowest BCUT2D eigenvalue weighted by Crippen LogP contribution is -2.37. The first-order valence-electron chi connectivity index (χ1n) is 6.52. The number of rotatable bonds is 6. The van der Waals surface area contributed by atoms with Crippen LogP contribution in [0.2, 0.25) is 0 Å². The Labute approximate surface area is 142 Å². The largest absolute Gasteiger partial charge is 0.346 e. The molecule has 0 aliphatic heterocycles. The van der Waals surface area contributed by atoms with Crippen LogP contribution in [0, 0.1) is 17.5 Å². The van der Waals surface area contributed by atoms with E-state index in [1.54, 1.807) is 6.92 Å². The van der Waals surface area contributed by atoms with Crippen molar-refractivity contribution >= 4 is 40.6 Å². The third kappa shape index (κ3) is 4.68. The average molecular weight is 376 g/mol. The standard InChI is InChI=1S/C13H11F3N4O2S2/c1-6(24-13-20-18-5-23-13)12(22)17-4-9(21)19-8-3-2-7(14)10(15)11(8)16/h2-3,5-6H,4H2,1H3,(H,17,22)(H,19,21)/t6-/m0/s1. The molecule has 0 bridgehead atoms. The van der Waals surface area contributed by atoms with Crippen LogP contribution in [0.3, 0.4) is 0 Å². The molecule has 1 atom stereocenters. The number of nitrogens with one attached hydrogen (secondary N) is 2. The minimum absolute atomic E-state index is 0.434. The molecule has 128 valence electrons. The number of nitrogens with zero attached hydrogens (tertiary/aromatic N) is 2. The zero-order valence-electron chi connectivity index (χ0n) is 12.2. The first-order chi connectivity index (χ1) is 11.4. The fraction of sp³-hybridized carbons (Fsp3) is 0.231. The van der Waals surface area contributed by atoms with Crippen molar-refractivity contribution in [3.8, 4) is 0 Å². The fourth-order valence-electron chi connectivity index (χ4n) is 1.55. The van der Waals surface area contributed by atoms with E-state index in [0.717, 1.165) is 6.07 Å². The minimum atomic E-state index is -1.68. The number of halogens is 3. The van der Waals surface area contributed by atoms with Crippen molar-refractivity contribution in [1.82, 2.24) is 15.5 Å². The summed E-state index contributed by atoms with van der Waals surface area (Å²) in [6.07, 6.45) is 0. The van der Waals surface area contributed by atoms with Gasteiger partial charge in [-0.3, -0.25) is 9.59 Å². The molecule has 2 amide bonds. The molecule has 0 radical (unpaired) electrons. The van der Waals surface area contributed by atoms with Crippen molar-refractivity contribution in [3.63, 3.8) is 0 Å². The van der Waals surface area contributed by atoms with E-state index in [1.807, 2.05) is 0 Å². The molecule has 0 aliphatic carbocycles. The van der Waals surface area contributed by atoms with E-state index in [1.165, 1.54) is 28.6 Å². The second kappa shape index (κ2) is 8.11. The number of anilines is 1. The predicted octanol–water partition coefficient (Wildman–Crippen LogP) is 2.19. The number of hydrogen-bond acceptors (Lipinski definition) is 6. The summed E-state index contributed by atoms with van der Waals surface area (Å²) >= 11 is 2.44. The molecule has 0 fully saturated rings. The predicted molar refractivity (Wildman–Crippen MR) is 83.2 cm³/mol. The normalized spacial score (nSPS) is 11.8. The number of carbonyl (C=O) groups is 2. The van der Waals surface area contributed by atoms with Gasteiger partial charge in [0.25, 0.3) is 0 Å². The summed E-state index contributed by atoms with van der Waals surface area (Å²) in [7, 11) is 0. The molecule has 0 spiro atoms. The molecule has 11 heteroatoms. The van der Waals surface area contributed by atoms with Gasteiger partial charge in [-0.1, -0.05) is 23.1 Å². The smallest absolute Gasteiger partial charge is 0.243 e. The highest BCUT2D eigenvalue weighted by Crippen LogP contribution is 2.24. The van der Waals surface area contributed by atoms with E-state index in [9.17, 15) is 22.8 Å². The minimum Gasteiger partial charge on any atom is -0.346 e. The number of carbonyl (C=O) groups excluding carboxylic acids is 2. The van der Waals surface area contributed by atoms with Crippen LogP contribution in [0.5, 0.6) is 0 Å². The summed E-state index contributed by atoms with van der Waals surface area (Å²) in [5.74, 6) is -5.76. The van der Waals surface area contributed by atoms with Crippen LogP contribution in [-0.2, 0) is 9.59 Å². The average Bonchev–Trinajstić information content (AvgIpc) is 3.06. The van der Waals surface area contributed by atoms with E-state index in [0.29, 0.717) is 10.4 Å². The van der Waals surface area contributed by atoms with Gasteiger partial charge in [-0.15, -0.1) is 10.2 Å². The van der Waals surface area contributed by atoms with Gasteiger partial charge in [0.1, 0.15) is 5.51 Å². The first-order valence-corrected chi connectivity index (χ1v) is 8.28. The molecule has 0 saturated heterocycles. The Hall–Kier alpha value is -2.14. The summed E-state index contributed by atoms with van der Waals surface area (Å²) in [5, 5.41) is 11.3. The number of aromatic nitrogens is 2. The second-order valence-electron chi connectivity index (χ2n) is 4.45. The number of thioether (sulfide) groups is 1. The maximum Gasteiger partial charge on any atom is 0.243 e. The molecule has 2 rings (SSSR count). The number of hydrogen-bond donors (Lipinski definition) is 2. The Morgan fingerprint density at radius 3 is 2.71 bits per heavy atom. The zero-order chi connectivity index (χ0) is 17.7. The molecule has 0 unspecified atom stereocenters. The monoisotopic (exact) mass is 376 g/mol. The molecule has 24 heavy (non-hydrogen) atoms. The maximum absolute atomic E-state index is 13.4. The molecule has 1 aromatic heterocycles. The maximum atomic E-state index is 13.4. The Morgan fingerprint density at radius 1 is 1.29 bits per heavy atom. The Kier molecular flexibility index (Phi) is 6.15. The summed E-state index contributed by atoms with van der Waals surface area (Å²) in [4.78, 5) is 23.5. The van der Waals surface area contributed by atoms with Gasteiger partial charge in [0.2, 0.25) is 11.8 Å². The molecule has 0 aliphatic rings. The SMILES string of the molecule is C[C@H](Sc1nncs1)C(=O)NCC(=O)Nc1ccc(F)c(F)c1F. The van der Waals surface area contributed by atoms with Gasteiger partial charge in [-0.2, -0.15) is 0 Å². The summed E-state index contributed by atoms with van der Waals surface area (Å²) in [6, 6.07) is 1.58. The van der Waals surface area contributed by atoms with Gasteiger partial charge in [-0.25, -0.2) is 13.2 Å². The van der Waals surface area contributed by atoms with Crippen LogP contribution < -0.4 is 10.6 Å². The number of amides is 2. The summed E-state index contributed by atoms with van der Waals surface area (Å²) < 4.78 is 39.9. The first kappa shape index (κ1) is 18.2. The Morgan fingerprint density at radius 2 is 2.04 bits per heavy atom. The topological polar surface area (TPSA) is 84.0 Å². The molecular weight excluding hydrogens is 365 g/mol. The third-order valence-electron chi connectivity index (χ3n) is 2.72. The fourth-order valence-corrected chi connectivity index (χ4v) is 3.20. The van der Waals surface area contributed by atoms with E-state index in [-0.39, 0.29) is 0 Å². The summed E-state index contributed by atoms with van der Waals surface area (Å²) in [6.45, 7) is 1.17. The number of benzene rings is 1. The van der Waals surface area contributed by atoms with Crippen molar-refractivity contribution in [3.05, 3.63) is 35.1 Å². The van der Waals surface area contributed by atoms with Gasteiger partial charge < -0.3 is 10.6 Å². The van der Waals surface area contributed by atoms with E-state index in [4.69, 9.17) is 0 Å². The van der Waals surface area contributed by atoms with E-state index < -0.39 is 46.7 Å². The Balaban J connectivity index is 1.84. The van der Waals surface area contributed by atoms with Crippen LogP contribution in [0.4, 0.5) is 18.9 Å². The van der Waals surface area contributed by atoms with Crippen LogP contribution in [0.1, 0.15) is 6.92 Å². The highest BCUT2D eigenvalue weighted by molar-refractivity contribution is 8.02. The van der Waals surface area contributed by atoms with Gasteiger partial charge in [-0.05, 0) is 19.1 Å². The van der Waals surface area contributed by atoms with E-state index >= 15 is 0 Å². The molecule has 2 aromatic rings. The second-order valence-corrected chi connectivity index (χ2v) is 6.87. The van der Waals surface area contributed by atoms with Gasteiger partial charge >= 0.3 is 0 Å². The zero-order valence-corrected chi connectivity index (χ0v) is 13.8. The third-order valence-corrected chi connectivity index (χ3v) is 4.63. The molecule has 6 nitrogen and oxygen atoms in total. The Bertz CT molecular complexity index is 743. The van der Waals surface area contributed by atoms with Crippen LogP contribution in [0.15, 0.2) is 22.0 Å². The van der Waals surface area contributed by atoms with Gasteiger partial charge in [0.15, 0.2) is 21.8 Å². The lowest BCUT2D eigenvalue weighted by Gasteiger charge is -2.11. The lowest BCUT2D eigenvalue weighted by atomic mass is 10.2. The highest BCUT2D eigenvalue weighted by atomic mass is 32.2. The van der Waals surface area contributed by atoms with Crippen molar-refractivity contribution in [1.29, 1.82) is 0 Å². The lowest BCUT2D eigenvalue weighted by molar-refractivity contribution is -0.123. The van der Waals surface area contributed by atoms with Crippen molar-refractivity contribution in [2.75, 3.05) is 11.9 Å². The molecular formula is C13H11F3N4O2S2. The molecule has 0 saturated carbocycles. The quantitative estimate of drug-likeness (QED) is 0.596. The van der Waals surface area contributed by atoms with Crippen molar-refractivity contribution in [2.45, 2.75) is 16.5 Å². The molecule has 1 heterocycles. The van der Waals surface area contributed by atoms with Gasteiger partial charge in [0, 0.05) is 0 Å². The van der Waals surface area contributed by atoms with Crippen LogP contribution >= 0.6 is 23.1 Å².